The lowest BCUT2D eigenvalue weighted by Crippen LogP contribution is -2.47. The van der Waals surface area contributed by atoms with E-state index in [1.165, 1.54) is 6.33 Å². The van der Waals surface area contributed by atoms with E-state index in [4.69, 9.17) is 0 Å². The molecule has 0 bridgehead atoms. The summed E-state index contributed by atoms with van der Waals surface area (Å²) in [6.07, 6.45) is 4.85. The van der Waals surface area contributed by atoms with E-state index in [2.05, 4.69) is 29.6 Å². The lowest BCUT2D eigenvalue weighted by Gasteiger charge is -2.35. The van der Waals surface area contributed by atoms with Gasteiger partial charge in [-0.25, -0.2) is 9.97 Å². The molecule has 1 unspecified atom stereocenters. The number of aliphatic hydroxyl groups is 1. The van der Waals surface area contributed by atoms with E-state index >= 15 is 0 Å². The molecule has 0 fully saturated rings. The fourth-order valence-corrected chi connectivity index (χ4v) is 1.98. The van der Waals surface area contributed by atoms with E-state index in [0.717, 1.165) is 5.56 Å². The minimum atomic E-state index is -1.65. The molecule has 0 aliphatic heterocycles. The van der Waals surface area contributed by atoms with Crippen LogP contribution in [0.25, 0.3) is 0 Å². The molecule has 1 atom stereocenters. The highest BCUT2D eigenvalue weighted by Gasteiger charge is 2.39. The van der Waals surface area contributed by atoms with Gasteiger partial charge in [-0.1, -0.05) is 19.6 Å². The van der Waals surface area contributed by atoms with E-state index < -0.39 is 13.3 Å². The molecule has 0 saturated carbocycles. The van der Waals surface area contributed by atoms with Crippen molar-refractivity contribution in [3.05, 3.63) is 24.3 Å². The molecule has 0 radical (unpaired) electrons. The predicted molar refractivity (Wildman–Crippen MR) is 54.9 cm³/mol. The quantitative estimate of drug-likeness (QED) is 0.730. The Labute approximate surface area is 79.9 Å². The Hall–Kier alpha value is -0.743. The molecule has 0 amide bonds. The van der Waals surface area contributed by atoms with Gasteiger partial charge in [-0.15, -0.1) is 0 Å². The second kappa shape index (κ2) is 3.19. The molecule has 1 rings (SSSR count). The van der Waals surface area contributed by atoms with Crippen LogP contribution in [-0.2, 0) is 5.22 Å². The van der Waals surface area contributed by atoms with Crippen molar-refractivity contribution in [3.63, 3.8) is 0 Å². The summed E-state index contributed by atoms with van der Waals surface area (Å²) in [7, 11) is -1.65. The van der Waals surface area contributed by atoms with Crippen molar-refractivity contribution in [1.82, 2.24) is 9.97 Å². The molecule has 1 N–H and O–H groups in total. The molecule has 3 nitrogen and oxygen atoms in total. The Morgan fingerprint density at radius 2 is 1.69 bits per heavy atom. The van der Waals surface area contributed by atoms with Gasteiger partial charge in [-0.2, -0.15) is 0 Å². The molecule has 0 aliphatic carbocycles. The zero-order valence-corrected chi connectivity index (χ0v) is 9.57. The molecular weight excluding hydrogens is 180 g/mol. The summed E-state index contributed by atoms with van der Waals surface area (Å²) in [6, 6.07) is 0. The van der Waals surface area contributed by atoms with Crippen LogP contribution >= 0.6 is 0 Å². The molecule has 0 aliphatic rings. The molecule has 0 spiro atoms. The maximum Gasteiger partial charge on any atom is 0.115 e. The second-order valence-corrected chi connectivity index (χ2v) is 9.92. The topological polar surface area (TPSA) is 46.0 Å². The van der Waals surface area contributed by atoms with Crippen molar-refractivity contribution >= 4 is 8.07 Å². The summed E-state index contributed by atoms with van der Waals surface area (Å²) < 4.78 is 0. The molecule has 1 aromatic heterocycles. The summed E-state index contributed by atoms with van der Waals surface area (Å²) in [4.78, 5) is 7.83. The molecule has 0 aromatic carbocycles. The van der Waals surface area contributed by atoms with Gasteiger partial charge >= 0.3 is 0 Å². The second-order valence-electron chi connectivity index (χ2n) is 4.45. The van der Waals surface area contributed by atoms with Gasteiger partial charge in [0.15, 0.2) is 0 Å². The van der Waals surface area contributed by atoms with E-state index in [9.17, 15) is 5.11 Å². The summed E-state index contributed by atoms with van der Waals surface area (Å²) in [5, 5.41) is 9.55. The van der Waals surface area contributed by atoms with Crippen molar-refractivity contribution in [2.24, 2.45) is 0 Å². The first-order chi connectivity index (χ1) is 5.86. The van der Waals surface area contributed by atoms with Gasteiger partial charge in [-0.3, -0.25) is 0 Å². The van der Waals surface area contributed by atoms with Crippen LogP contribution in [0.15, 0.2) is 18.7 Å². The van der Waals surface area contributed by atoms with Crippen molar-refractivity contribution in [2.75, 3.05) is 0 Å². The standard InChI is InChI=1S/C9H16N2OSi/c1-9(12,13(2,3)4)8-5-10-7-11-6-8/h5-7,12H,1-4H3. The molecule has 1 aromatic rings. The van der Waals surface area contributed by atoms with Gasteiger partial charge in [0.05, 0.1) is 13.3 Å². The minimum Gasteiger partial charge on any atom is -0.389 e. The third-order valence-corrected chi connectivity index (χ3v) is 5.79. The Kier molecular flexibility index (Phi) is 2.54. The largest absolute Gasteiger partial charge is 0.389 e. The molecule has 0 saturated heterocycles. The van der Waals surface area contributed by atoms with Gasteiger partial charge in [0, 0.05) is 18.0 Å². The smallest absolute Gasteiger partial charge is 0.115 e. The van der Waals surface area contributed by atoms with Crippen molar-refractivity contribution in [1.29, 1.82) is 0 Å². The average molecular weight is 196 g/mol. The highest BCUT2D eigenvalue weighted by atomic mass is 28.3. The molecule has 4 heteroatoms. The lowest BCUT2D eigenvalue weighted by molar-refractivity contribution is 0.135. The van der Waals surface area contributed by atoms with Gasteiger partial charge in [0.1, 0.15) is 6.33 Å². The Bertz CT molecular complexity index is 279. The zero-order valence-electron chi connectivity index (χ0n) is 8.57. The zero-order chi connectivity index (χ0) is 10.1. The summed E-state index contributed by atoms with van der Waals surface area (Å²) >= 11 is 0. The number of nitrogens with zero attached hydrogens (tertiary/aromatic N) is 2. The molecule has 13 heavy (non-hydrogen) atoms. The first-order valence-electron chi connectivity index (χ1n) is 4.33. The van der Waals surface area contributed by atoms with Gasteiger partial charge in [0.2, 0.25) is 0 Å². The normalized spacial score (nSPS) is 16.7. The Morgan fingerprint density at radius 3 is 2.08 bits per heavy atom. The van der Waals surface area contributed by atoms with E-state index in [-0.39, 0.29) is 0 Å². The van der Waals surface area contributed by atoms with Crippen LogP contribution in [0.5, 0.6) is 0 Å². The predicted octanol–water partition coefficient (Wildman–Crippen LogP) is 1.56. The number of aromatic nitrogens is 2. The summed E-state index contributed by atoms with van der Waals surface area (Å²) in [6.45, 7) is 8.22. The molecule has 72 valence electrons. The van der Waals surface area contributed by atoms with Crippen LogP contribution in [-0.4, -0.2) is 23.1 Å². The molecular formula is C9H16N2OSi. The third-order valence-electron chi connectivity index (χ3n) is 2.58. The highest BCUT2D eigenvalue weighted by molar-refractivity contribution is 6.78. The van der Waals surface area contributed by atoms with Crippen LogP contribution in [0.4, 0.5) is 0 Å². The van der Waals surface area contributed by atoms with Crippen LogP contribution in [0.1, 0.15) is 12.5 Å². The maximum absolute atomic E-state index is 10.3. The van der Waals surface area contributed by atoms with Gasteiger partial charge in [0.25, 0.3) is 0 Å². The SMILES string of the molecule is CC(O)(c1cncnc1)[Si](C)(C)C. The molecule has 1 heterocycles. The number of rotatable bonds is 2. The third kappa shape index (κ3) is 1.95. The van der Waals surface area contributed by atoms with Gasteiger partial charge < -0.3 is 5.11 Å². The van der Waals surface area contributed by atoms with E-state index in [0.29, 0.717) is 0 Å². The van der Waals surface area contributed by atoms with Crippen LogP contribution in [0.2, 0.25) is 19.6 Å². The first kappa shape index (κ1) is 10.3. The van der Waals surface area contributed by atoms with Crippen LogP contribution < -0.4 is 0 Å². The lowest BCUT2D eigenvalue weighted by atomic mass is 10.2. The highest BCUT2D eigenvalue weighted by Crippen LogP contribution is 2.29. The van der Waals surface area contributed by atoms with E-state index in [1.807, 2.05) is 6.92 Å². The summed E-state index contributed by atoms with van der Waals surface area (Å²) in [5.41, 5.74) is 0.814. The van der Waals surface area contributed by atoms with Crippen molar-refractivity contribution < 1.29 is 5.11 Å². The number of hydrogen-bond acceptors (Lipinski definition) is 3. The Morgan fingerprint density at radius 1 is 1.23 bits per heavy atom. The van der Waals surface area contributed by atoms with Crippen molar-refractivity contribution in [2.45, 2.75) is 31.8 Å². The average Bonchev–Trinajstić information content (AvgIpc) is 2.04. The minimum absolute atomic E-state index is 0.756. The van der Waals surface area contributed by atoms with Crippen LogP contribution in [0, 0.1) is 0 Å². The van der Waals surface area contributed by atoms with Crippen LogP contribution in [0.3, 0.4) is 0 Å². The number of hydrogen-bond donors (Lipinski definition) is 1. The Balaban J connectivity index is 3.08. The monoisotopic (exact) mass is 196 g/mol. The van der Waals surface area contributed by atoms with Gasteiger partial charge in [-0.05, 0) is 6.92 Å². The first-order valence-corrected chi connectivity index (χ1v) is 7.83. The fraction of sp³-hybridized carbons (Fsp3) is 0.556. The van der Waals surface area contributed by atoms with Crippen molar-refractivity contribution in [3.8, 4) is 0 Å². The fourth-order valence-electron chi connectivity index (χ4n) is 0.983. The summed E-state index contributed by atoms with van der Waals surface area (Å²) in [5.74, 6) is 0. The maximum atomic E-state index is 10.3. The van der Waals surface area contributed by atoms with E-state index in [1.54, 1.807) is 12.4 Å².